The van der Waals surface area contributed by atoms with E-state index < -0.39 is 0 Å². The minimum Gasteiger partial charge on any atom is -0.314 e. The van der Waals surface area contributed by atoms with E-state index in [1.807, 2.05) is 0 Å². The van der Waals surface area contributed by atoms with Crippen molar-refractivity contribution in [1.29, 1.82) is 0 Å². The van der Waals surface area contributed by atoms with Gasteiger partial charge in [0.25, 0.3) is 0 Å². The van der Waals surface area contributed by atoms with E-state index in [-0.39, 0.29) is 0 Å². The van der Waals surface area contributed by atoms with Gasteiger partial charge in [0, 0.05) is 6.04 Å². The quantitative estimate of drug-likeness (QED) is 0.785. The summed E-state index contributed by atoms with van der Waals surface area (Å²) in [6.07, 6.45) is 2.68. The molecule has 3 atom stereocenters. The number of benzene rings is 1. The minimum absolute atomic E-state index is 0.713. The van der Waals surface area contributed by atoms with Gasteiger partial charge in [-0.3, -0.25) is 0 Å². The number of nitrogens with one attached hydrogen (secondary N) is 1. The average molecular weight is 231 g/mol. The van der Waals surface area contributed by atoms with Crippen molar-refractivity contribution in [1.82, 2.24) is 5.32 Å². The molecule has 0 radical (unpaired) electrons. The highest BCUT2D eigenvalue weighted by atomic mass is 14.9. The molecule has 1 N–H and O–H groups in total. The fourth-order valence-corrected chi connectivity index (χ4v) is 2.92. The largest absolute Gasteiger partial charge is 0.314 e. The molecule has 0 spiro atoms. The molecule has 1 saturated carbocycles. The predicted molar refractivity (Wildman–Crippen MR) is 74.2 cm³/mol. The van der Waals surface area contributed by atoms with Crippen LogP contribution < -0.4 is 5.32 Å². The molecule has 0 aromatic heterocycles. The van der Waals surface area contributed by atoms with E-state index in [1.54, 1.807) is 0 Å². The van der Waals surface area contributed by atoms with Crippen molar-refractivity contribution in [3.63, 3.8) is 0 Å². The third kappa shape index (κ3) is 3.32. The lowest BCUT2D eigenvalue weighted by molar-refractivity contribution is 0.385. The second-order valence-corrected chi connectivity index (χ2v) is 5.71. The summed E-state index contributed by atoms with van der Waals surface area (Å²) >= 11 is 0. The second-order valence-electron chi connectivity index (χ2n) is 5.71. The van der Waals surface area contributed by atoms with Crippen LogP contribution in [0, 0.1) is 11.8 Å². The molecule has 1 nitrogen and oxygen atoms in total. The summed E-state index contributed by atoms with van der Waals surface area (Å²) in [6.45, 7) is 7.96. The zero-order valence-corrected chi connectivity index (χ0v) is 11.3. The molecular weight excluding hydrogens is 206 g/mol. The van der Waals surface area contributed by atoms with Crippen molar-refractivity contribution in [3.8, 4) is 0 Å². The Labute approximate surface area is 106 Å². The van der Waals surface area contributed by atoms with Crippen LogP contribution in [0.2, 0.25) is 0 Å². The summed E-state index contributed by atoms with van der Waals surface area (Å²) in [5.74, 6) is 2.45. The van der Waals surface area contributed by atoms with Crippen molar-refractivity contribution in [3.05, 3.63) is 35.9 Å². The number of hydrogen-bond acceptors (Lipinski definition) is 1. The van der Waals surface area contributed by atoms with Crippen LogP contribution in [0.25, 0.3) is 0 Å². The van der Waals surface area contributed by atoms with Crippen molar-refractivity contribution >= 4 is 0 Å². The third-order valence-corrected chi connectivity index (χ3v) is 3.78. The molecule has 2 rings (SSSR count). The summed E-state index contributed by atoms with van der Waals surface area (Å²) < 4.78 is 0. The molecule has 1 aromatic carbocycles. The molecule has 1 fully saturated rings. The first-order valence-electron chi connectivity index (χ1n) is 7.00. The lowest BCUT2D eigenvalue weighted by Gasteiger charge is -2.20. The van der Waals surface area contributed by atoms with E-state index in [0.29, 0.717) is 6.04 Å². The first kappa shape index (κ1) is 12.6. The fourth-order valence-electron chi connectivity index (χ4n) is 2.92. The van der Waals surface area contributed by atoms with Gasteiger partial charge in [-0.05, 0) is 42.7 Å². The fraction of sp³-hybridized carbons (Fsp3) is 0.625. The molecule has 1 aliphatic rings. The van der Waals surface area contributed by atoms with Crippen LogP contribution in [-0.2, 0) is 0 Å². The predicted octanol–water partition coefficient (Wildman–Crippen LogP) is 3.81. The maximum Gasteiger partial charge on any atom is 0.0104 e. The molecule has 0 aliphatic heterocycles. The lowest BCUT2D eigenvalue weighted by Crippen LogP contribution is -2.32. The Morgan fingerprint density at radius 3 is 2.53 bits per heavy atom. The zero-order chi connectivity index (χ0) is 12.3. The maximum atomic E-state index is 3.68. The van der Waals surface area contributed by atoms with Crippen molar-refractivity contribution in [2.45, 2.75) is 45.6 Å². The van der Waals surface area contributed by atoms with E-state index >= 15 is 0 Å². The molecule has 17 heavy (non-hydrogen) atoms. The first-order valence-corrected chi connectivity index (χ1v) is 7.00. The Bertz CT molecular complexity index is 331. The summed E-state index contributed by atoms with van der Waals surface area (Å²) in [6, 6.07) is 11.7. The SMILES string of the molecule is CCNC(CC(C)C)C1CC1c1ccccc1. The average Bonchev–Trinajstić information content (AvgIpc) is 3.09. The highest BCUT2D eigenvalue weighted by molar-refractivity contribution is 5.26. The van der Waals surface area contributed by atoms with Crippen LogP contribution in [0.15, 0.2) is 30.3 Å². The molecule has 0 saturated heterocycles. The molecule has 94 valence electrons. The molecule has 0 amide bonds. The van der Waals surface area contributed by atoms with Crippen LogP contribution in [0.3, 0.4) is 0 Å². The van der Waals surface area contributed by atoms with Crippen LogP contribution in [0.1, 0.15) is 45.1 Å². The van der Waals surface area contributed by atoms with Crippen LogP contribution in [0.5, 0.6) is 0 Å². The first-order chi connectivity index (χ1) is 8.22. The molecule has 1 heteroatoms. The van der Waals surface area contributed by atoms with Crippen LogP contribution in [0.4, 0.5) is 0 Å². The van der Waals surface area contributed by atoms with Gasteiger partial charge in [-0.15, -0.1) is 0 Å². The highest BCUT2D eigenvalue weighted by Crippen LogP contribution is 2.50. The van der Waals surface area contributed by atoms with Gasteiger partial charge >= 0.3 is 0 Å². The Morgan fingerprint density at radius 2 is 1.94 bits per heavy atom. The van der Waals surface area contributed by atoms with Gasteiger partial charge in [0.1, 0.15) is 0 Å². The standard InChI is InChI=1S/C16H25N/c1-4-17-16(10-12(2)3)15-11-14(15)13-8-6-5-7-9-13/h5-9,12,14-17H,4,10-11H2,1-3H3. The van der Waals surface area contributed by atoms with E-state index in [4.69, 9.17) is 0 Å². The molecule has 0 heterocycles. The van der Waals surface area contributed by atoms with E-state index in [2.05, 4.69) is 56.4 Å². The third-order valence-electron chi connectivity index (χ3n) is 3.78. The lowest BCUT2D eigenvalue weighted by atomic mass is 9.97. The summed E-state index contributed by atoms with van der Waals surface area (Å²) in [5, 5.41) is 3.68. The normalized spacial score (nSPS) is 24.9. The van der Waals surface area contributed by atoms with Gasteiger partial charge in [-0.25, -0.2) is 0 Å². The summed E-state index contributed by atoms with van der Waals surface area (Å²) in [7, 11) is 0. The zero-order valence-electron chi connectivity index (χ0n) is 11.3. The van der Waals surface area contributed by atoms with E-state index in [0.717, 1.165) is 24.3 Å². The molecule has 3 unspecified atom stereocenters. The van der Waals surface area contributed by atoms with Gasteiger partial charge in [0.15, 0.2) is 0 Å². The van der Waals surface area contributed by atoms with Crippen molar-refractivity contribution < 1.29 is 0 Å². The van der Waals surface area contributed by atoms with Gasteiger partial charge < -0.3 is 5.32 Å². The second kappa shape index (κ2) is 5.68. The molecular formula is C16H25N. The van der Waals surface area contributed by atoms with Crippen LogP contribution in [-0.4, -0.2) is 12.6 Å². The number of rotatable bonds is 6. The van der Waals surface area contributed by atoms with Crippen molar-refractivity contribution in [2.24, 2.45) is 11.8 Å². The van der Waals surface area contributed by atoms with Gasteiger partial charge in [-0.2, -0.15) is 0 Å². The Kier molecular flexibility index (Phi) is 4.22. The van der Waals surface area contributed by atoms with E-state index in [1.165, 1.54) is 18.4 Å². The molecule has 1 aromatic rings. The van der Waals surface area contributed by atoms with Gasteiger partial charge in [0.2, 0.25) is 0 Å². The highest BCUT2D eigenvalue weighted by Gasteiger charge is 2.43. The smallest absolute Gasteiger partial charge is 0.0104 e. The van der Waals surface area contributed by atoms with E-state index in [9.17, 15) is 0 Å². The Morgan fingerprint density at radius 1 is 1.24 bits per heavy atom. The molecule has 0 bridgehead atoms. The van der Waals surface area contributed by atoms with Gasteiger partial charge in [-0.1, -0.05) is 51.1 Å². The summed E-state index contributed by atoms with van der Waals surface area (Å²) in [4.78, 5) is 0. The topological polar surface area (TPSA) is 12.0 Å². The van der Waals surface area contributed by atoms with Crippen LogP contribution >= 0.6 is 0 Å². The Balaban J connectivity index is 1.95. The van der Waals surface area contributed by atoms with Gasteiger partial charge in [0.05, 0.1) is 0 Å². The monoisotopic (exact) mass is 231 g/mol. The minimum atomic E-state index is 0.713. The number of hydrogen-bond donors (Lipinski definition) is 1. The maximum absolute atomic E-state index is 3.68. The van der Waals surface area contributed by atoms with Crippen molar-refractivity contribution in [2.75, 3.05) is 6.54 Å². The summed E-state index contributed by atoms with van der Waals surface area (Å²) in [5.41, 5.74) is 1.53. The molecule has 1 aliphatic carbocycles. The Hall–Kier alpha value is -0.820.